The topological polar surface area (TPSA) is 128 Å². The van der Waals surface area contributed by atoms with Gasteiger partial charge in [0.2, 0.25) is 10.0 Å². The van der Waals surface area contributed by atoms with Crippen molar-refractivity contribution in [3.63, 3.8) is 0 Å². The van der Waals surface area contributed by atoms with Gasteiger partial charge in [-0.05, 0) is 41.7 Å². The van der Waals surface area contributed by atoms with Crippen molar-refractivity contribution in [2.24, 2.45) is 5.73 Å². The first-order valence-electron chi connectivity index (χ1n) is 6.27. The molecule has 1 fully saturated rings. The number of nitrogens with two attached hydrogens (primary N) is 1. The van der Waals surface area contributed by atoms with Gasteiger partial charge in [0.1, 0.15) is 4.90 Å². The summed E-state index contributed by atoms with van der Waals surface area (Å²) in [7, 11) is -3.70. The number of aromatic nitrogens is 1. The van der Waals surface area contributed by atoms with Crippen LogP contribution in [-0.4, -0.2) is 30.4 Å². The molecule has 0 radical (unpaired) electrons. The molecule has 9 heteroatoms. The van der Waals surface area contributed by atoms with Gasteiger partial charge in [0.05, 0.1) is 0 Å². The lowest BCUT2D eigenvalue weighted by molar-refractivity contribution is -0.389. The Hall–Kier alpha value is -1.58. The molecule has 110 valence electrons. The molecule has 3 N–H and O–H groups in total. The van der Waals surface area contributed by atoms with Gasteiger partial charge in [-0.15, -0.1) is 0 Å². The Morgan fingerprint density at radius 1 is 1.30 bits per heavy atom. The molecule has 1 aromatic rings. The van der Waals surface area contributed by atoms with E-state index in [4.69, 9.17) is 5.73 Å². The summed E-state index contributed by atoms with van der Waals surface area (Å²) in [5.74, 6) is -0.382. The summed E-state index contributed by atoms with van der Waals surface area (Å²) < 4.78 is 26.8. The van der Waals surface area contributed by atoms with Crippen molar-refractivity contribution in [2.75, 3.05) is 0 Å². The van der Waals surface area contributed by atoms with Crippen LogP contribution in [0.2, 0.25) is 0 Å². The van der Waals surface area contributed by atoms with E-state index >= 15 is 0 Å². The standard InChI is InChI=1S/C11H16N4O4S/c12-8-1-3-9(4-2-8)14-20(18,19)10-5-6-11(13-7-10)15(16)17/h5-9,14H,1-4,12H2. The largest absolute Gasteiger partial charge is 0.363 e. The number of nitrogens with one attached hydrogen (secondary N) is 1. The van der Waals surface area contributed by atoms with Crippen LogP contribution in [0.5, 0.6) is 0 Å². The summed E-state index contributed by atoms with van der Waals surface area (Å²) >= 11 is 0. The molecule has 2 rings (SSSR count). The van der Waals surface area contributed by atoms with E-state index in [0.29, 0.717) is 12.8 Å². The molecular formula is C11H16N4O4S. The fourth-order valence-corrected chi connectivity index (χ4v) is 3.41. The summed E-state index contributed by atoms with van der Waals surface area (Å²) in [6.07, 6.45) is 3.95. The first-order valence-corrected chi connectivity index (χ1v) is 7.75. The average Bonchev–Trinajstić information content (AvgIpc) is 2.41. The van der Waals surface area contributed by atoms with Crippen molar-refractivity contribution in [3.8, 4) is 0 Å². The van der Waals surface area contributed by atoms with Crippen molar-refractivity contribution in [2.45, 2.75) is 42.7 Å². The first kappa shape index (κ1) is 14.8. The molecule has 0 aliphatic heterocycles. The SMILES string of the molecule is NC1CCC(NS(=O)(=O)c2ccc([N+](=O)[O-])nc2)CC1. The van der Waals surface area contributed by atoms with Crippen LogP contribution in [0.15, 0.2) is 23.2 Å². The van der Waals surface area contributed by atoms with Gasteiger partial charge in [-0.2, -0.15) is 0 Å². The molecule has 0 bridgehead atoms. The van der Waals surface area contributed by atoms with Crippen LogP contribution in [-0.2, 0) is 10.0 Å². The fourth-order valence-electron chi connectivity index (χ4n) is 2.16. The van der Waals surface area contributed by atoms with Crippen molar-refractivity contribution >= 4 is 15.8 Å². The van der Waals surface area contributed by atoms with Gasteiger partial charge in [-0.25, -0.2) is 13.1 Å². The lowest BCUT2D eigenvalue weighted by atomic mass is 9.93. The van der Waals surface area contributed by atoms with Crippen molar-refractivity contribution < 1.29 is 13.3 Å². The molecule has 20 heavy (non-hydrogen) atoms. The molecule has 0 aromatic carbocycles. The lowest BCUT2D eigenvalue weighted by Crippen LogP contribution is -2.40. The number of hydrogen-bond donors (Lipinski definition) is 2. The van der Waals surface area contributed by atoms with Gasteiger partial charge in [0.25, 0.3) is 0 Å². The first-order chi connectivity index (χ1) is 9.38. The van der Waals surface area contributed by atoms with Crippen LogP contribution in [0, 0.1) is 10.1 Å². The summed E-state index contributed by atoms with van der Waals surface area (Å²) in [4.78, 5) is 13.2. The molecule has 0 amide bonds. The predicted molar refractivity (Wildman–Crippen MR) is 71.4 cm³/mol. The van der Waals surface area contributed by atoms with E-state index in [1.165, 1.54) is 6.07 Å². The van der Waals surface area contributed by atoms with E-state index < -0.39 is 14.9 Å². The summed E-state index contributed by atoms with van der Waals surface area (Å²) in [5.41, 5.74) is 5.77. The number of nitro groups is 1. The summed E-state index contributed by atoms with van der Waals surface area (Å²) in [6.45, 7) is 0. The van der Waals surface area contributed by atoms with Gasteiger partial charge in [-0.1, -0.05) is 0 Å². The zero-order valence-electron chi connectivity index (χ0n) is 10.7. The highest BCUT2D eigenvalue weighted by atomic mass is 32.2. The number of rotatable bonds is 4. The molecular weight excluding hydrogens is 284 g/mol. The number of sulfonamides is 1. The zero-order valence-corrected chi connectivity index (χ0v) is 11.5. The van der Waals surface area contributed by atoms with Crippen LogP contribution in [0.3, 0.4) is 0 Å². The highest BCUT2D eigenvalue weighted by Crippen LogP contribution is 2.20. The third-order valence-corrected chi connectivity index (χ3v) is 4.82. The Kier molecular flexibility index (Phi) is 4.31. The Labute approximate surface area is 116 Å². The predicted octanol–water partition coefficient (Wildman–Crippen LogP) is 0.538. The summed E-state index contributed by atoms with van der Waals surface area (Å²) in [5, 5.41) is 10.5. The minimum atomic E-state index is -3.70. The van der Waals surface area contributed by atoms with Crippen LogP contribution in [0.25, 0.3) is 0 Å². The normalized spacial score (nSPS) is 23.4. The van der Waals surface area contributed by atoms with Gasteiger partial charge in [-0.3, -0.25) is 0 Å². The van der Waals surface area contributed by atoms with Crippen LogP contribution in [0.4, 0.5) is 5.82 Å². The monoisotopic (exact) mass is 300 g/mol. The van der Waals surface area contributed by atoms with Crippen LogP contribution < -0.4 is 10.5 Å². The van der Waals surface area contributed by atoms with E-state index in [-0.39, 0.29) is 22.8 Å². The highest BCUT2D eigenvalue weighted by molar-refractivity contribution is 7.89. The number of pyridine rings is 1. The molecule has 0 atom stereocenters. The smallest absolute Gasteiger partial charge is 0.358 e. The van der Waals surface area contributed by atoms with Crippen LogP contribution >= 0.6 is 0 Å². The molecule has 1 aliphatic rings. The van der Waals surface area contributed by atoms with Gasteiger partial charge in [0, 0.05) is 18.2 Å². The Morgan fingerprint density at radius 2 is 1.95 bits per heavy atom. The number of hydrogen-bond acceptors (Lipinski definition) is 6. The average molecular weight is 300 g/mol. The van der Waals surface area contributed by atoms with E-state index in [0.717, 1.165) is 25.1 Å². The molecule has 1 heterocycles. The third kappa shape index (κ3) is 3.50. The molecule has 0 unspecified atom stereocenters. The van der Waals surface area contributed by atoms with Crippen LogP contribution in [0.1, 0.15) is 25.7 Å². The minimum Gasteiger partial charge on any atom is -0.358 e. The second-order valence-electron chi connectivity index (χ2n) is 4.84. The van der Waals surface area contributed by atoms with E-state index in [9.17, 15) is 18.5 Å². The molecule has 1 saturated carbocycles. The lowest BCUT2D eigenvalue weighted by Gasteiger charge is -2.26. The van der Waals surface area contributed by atoms with E-state index in [1.807, 2.05) is 0 Å². The van der Waals surface area contributed by atoms with Crippen molar-refractivity contribution in [1.82, 2.24) is 9.71 Å². The van der Waals surface area contributed by atoms with E-state index in [2.05, 4.69) is 9.71 Å². The molecule has 1 aliphatic carbocycles. The minimum absolute atomic E-state index is 0.0713. The molecule has 1 aromatic heterocycles. The quantitative estimate of drug-likeness (QED) is 0.616. The Bertz CT molecular complexity index is 579. The number of nitrogens with zero attached hydrogens (tertiary/aromatic N) is 2. The zero-order chi connectivity index (χ0) is 14.8. The molecule has 0 saturated heterocycles. The fraction of sp³-hybridized carbons (Fsp3) is 0.545. The van der Waals surface area contributed by atoms with Gasteiger partial charge >= 0.3 is 5.82 Å². The maximum atomic E-state index is 12.1. The van der Waals surface area contributed by atoms with E-state index in [1.54, 1.807) is 0 Å². The Morgan fingerprint density at radius 3 is 2.45 bits per heavy atom. The molecule has 0 spiro atoms. The molecule has 8 nitrogen and oxygen atoms in total. The maximum Gasteiger partial charge on any atom is 0.363 e. The van der Waals surface area contributed by atoms with Crippen molar-refractivity contribution in [3.05, 3.63) is 28.4 Å². The highest BCUT2D eigenvalue weighted by Gasteiger charge is 2.25. The third-order valence-electron chi connectivity index (χ3n) is 3.31. The second-order valence-corrected chi connectivity index (χ2v) is 6.56. The van der Waals surface area contributed by atoms with Gasteiger partial charge < -0.3 is 15.8 Å². The second kappa shape index (κ2) is 5.81. The van der Waals surface area contributed by atoms with Gasteiger partial charge in [0.15, 0.2) is 6.20 Å². The maximum absolute atomic E-state index is 12.1. The Balaban J connectivity index is 2.08. The summed E-state index contributed by atoms with van der Waals surface area (Å²) in [6, 6.07) is 2.25. The van der Waals surface area contributed by atoms with Crippen molar-refractivity contribution in [1.29, 1.82) is 0 Å².